The number of carbonyl (C=O) groups is 3. The van der Waals surface area contributed by atoms with Crippen molar-refractivity contribution in [3.05, 3.63) is 63.8 Å². The molecule has 15 heteroatoms. The molecule has 4 rings (SSSR count). The monoisotopic (exact) mass is 726 g/mol. The zero-order chi connectivity index (χ0) is 37.1. The molecule has 1 unspecified atom stereocenters. The highest BCUT2D eigenvalue weighted by Crippen LogP contribution is 2.39. The number of amides is 2. The van der Waals surface area contributed by atoms with Crippen LogP contribution in [0.4, 0.5) is 24.5 Å². The first kappa shape index (κ1) is 38.8. The highest BCUT2D eigenvalue weighted by Gasteiger charge is 2.31. The molecule has 0 aliphatic carbocycles. The van der Waals surface area contributed by atoms with Gasteiger partial charge in [-0.3, -0.25) is 14.4 Å². The molecule has 0 spiro atoms. The van der Waals surface area contributed by atoms with E-state index in [9.17, 15) is 27.6 Å². The van der Waals surface area contributed by atoms with Crippen molar-refractivity contribution >= 4 is 50.6 Å². The predicted octanol–water partition coefficient (Wildman–Crippen LogP) is 5.55. The SMILES string of the molecule is [C-]#[N+]COc1cc(C(=O)NC(CCC(N)=O)C(=O)OC)ccc1NCC#Cc1sc2c(NC3CCN(C(C)C)CC3)cccc2c1CC(F)(F)F. The van der Waals surface area contributed by atoms with E-state index in [0.29, 0.717) is 22.0 Å². The summed E-state index contributed by atoms with van der Waals surface area (Å²) in [6.07, 6.45) is -3.89. The third kappa shape index (κ3) is 11.0. The minimum atomic E-state index is -4.43. The number of nitrogens with zero attached hydrogens (tertiary/aromatic N) is 2. The van der Waals surface area contributed by atoms with Crippen LogP contribution in [0, 0.1) is 18.4 Å². The van der Waals surface area contributed by atoms with Crippen LogP contribution in [0.2, 0.25) is 0 Å². The fraction of sp³-hybridized carbons (Fsp3) is 0.444. The number of piperidine rings is 1. The number of carbonyl (C=O) groups excluding carboxylic acids is 3. The van der Waals surface area contributed by atoms with Gasteiger partial charge in [-0.2, -0.15) is 13.2 Å². The van der Waals surface area contributed by atoms with Gasteiger partial charge >= 0.3 is 18.9 Å². The van der Waals surface area contributed by atoms with Gasteiger partial charge in [-0.25, -0.2) is 11.4 Å². The number of likely N-dealkylation sites (tertiary alicyclic amines) is 1. The van der Waals surface area contributed by atoms with Gasteiger partial charge in [0.05, 0.1) is 41.0 Å². The Kier molecular flexibility index (Phi) is 13.5. The molecule has 1 aliphatic rings. The number of hydrogen-bond acceptors (Lipinski definition) is 9. The van der Waals surface area contributed by atoms with Crippen molar-refractivity contribution in [2.24, 2.45) is 5.73 Å². The summed E-state index contributed by atoms with van der Waals surface area (Å²) in [6, 6.07) is 9.26. The van der Waals surface area contributed by atoms with E-state index < -0.39 is 36.4 Å². The number of alkyl halides is 3. The number of rotatable bonds is 14. The summed E-state index contributed by atoms with van der Waals surface area (Å²) in [5.41, 5.74) is 6.58. The summed E-state index contributed by atoms with van der Waals surface area (Å²) in [7, 11) is 1.15. The van der Waals surface area contributed by atoms with Crippen molar-refractivity contribution < 1.29 is 37.0 Å². The first-order valence-electron chi connectivity index (χ1n) is 16.4. The van der Waals surface area contributed by atoms with Crippen LogP contribution in [-0.4, -0.2) is 80.5 Å². The molecular formula is C36H41F3N6O5S. The van der Waals surface area contributed by atoms with Crippen LogP contribution < -0.4 is 26.4 Å². The first-order valence-corrected chi connectivity index (χ1v) is 17.2. The maximum absolute atomic E-state index is 13.8. The van der Waals surface area contributed by atoms with E-state index in [1.165, 1.54) is 29.5 Å². The Hall–Kier alpha value is -4.99. The largest absolute Gasteiger partial charge is 0.467 e. The van der Waals surface area contributed by atoms with Crippen molar-refractivity contribution in [3.8, 4) is 17.6 Å². The van der Waals surface area contributed by atoms with Crippen LogP contribution in [0.15, 0.2) is 36.4 Å². The van der Waals surface area contributed by atoms with Crippen LogP contribution in [0.5, 0.6) is 5.75 Å². The molecular weight excluding hydrogens is 685 g/mol. The van der Waals surface area contributed by atoms with Gasteiger partial charge in [0.25, 0.3) is 5.91 Å². The van der Waals surface area contributed by atoms with Crippen LogP contribution in [0.25, 0.3) is 14.9 Å². The molecule has 5 N–H and O–H groups in total. The molecule has 0 radical (unpaired) electrons. The highest BCUT2D eigenvalue weighted by atomic mass is 32.1. The molecule has 2 amide bonds. The average molecular weight is 727 g/mol. The molecule has 0 saturated carbocycles. The van der Waals surface area contributed by atoms with Gasteiger partial charge in [-0.05, 0) is 68.3 Å². The molecule has 1 aliphatic heterocycles. The second kappa shape index (κ2) is 17.8. The van der Waals surface area contributed by atoms with Crippen molar-refractivity contribution in [2.75, 3.05) is 44.1 Å². The molecule has 2 heterocycles. The molecule has 1 aromatic heterocycles. The van der Waals surface area contributed by atoms with Gasteiger partial charge in [-0.1, -0.05) is 24.0 Å². The number of nitrogens with two attached hydrogens (primary N) is 1. The van der Waals surface area contributed by atoms with Crippen LogP contribution in [0.1, 0.15) is 60.3 Å². The summed E-state index contributed by atoms with van der Waals surface area (Å²) in [6.45, 7) is 13.0. The molecule has 1 atom stereocenters. The Morgan fingerprint density at radius 2 is 1.90 bits per heavy atom. The molecule has 272 valence electrons. The van der Waals surface area contributed by atoms with Crippen molar-refractivity contribution in [1.82, 2.24) is 10.2 Å². The third-order valence-corrected chi connectivity index (χ3v) is 9.58. The standard InChI is InChI=1S/C36H41F3N6O5S/c1-22(2)45-17-14-24(15-18-45)43-28-8-5-7-25-26(20-36(37,38)39)31(51-33(25)28)9-6-16-42-27-11-10-23(19-30(27)50-21-41-3)34(47)44-29(35(48)49-4)12-13-32(40)46/h5,7-8,10-11,19,22,24,29,42-43H,12-18,20-21H2,1-2,4H3,(H2,40,46)(H,44,47). The lowest BCUT2D eigenvalue weighted by Gasteiger charge is -2.35. The number of halogens is 3. The van der Waals surface area contributed by atoms with E-state index in [0.717, 1.165) is 43.4 Å². The Morgan fingerprint density at radius 3 is 2.55 bits per heavy atom. The molecule has 0 bridgehead atoms. The number of anilines is 2. The number of benzene rings is 2. The van der Waals surface area contributed by atoms with E-state index in [1.54, 1.807) is 12.1 Å². The number of fused-ring (bicyclic) bond motifs is 1. The lowest BCUT2D eigenvalue weighted by atomic mass is 10.0. The second-order valence-corrected chi connectivity index (χ2v) is 13.3. The summed E-state index contributed by atoms with van der Waals surface area (Å²) < 4.78 is 52.3. The third-order valence-electron chi connectivity index (χ3n) is 8.38. The van der Waals surface area contributed by atoms with Crippen LogP contribution >= 0.6 is 11.3 Å². The van der Waals surface area contributed by atoms with E-state index in [4.69, 9.17) is 21.8 Å². The average Bonchev–Trinajstić information content (AvgIpc) is 3.43. The zero-order valence-corrected chi connectivity index (χ0v) is 29.4. The number of primary amides is 1. The predicted molar refractivity (Wildman–Crippen MR) is 191 cm³/mol. The topological polar surface area (TPSA) is 139 Å². The number of methoxy groups -OCH3 is 1. The molecule has 11 nitrogen and oxygen atoms in total. The normalized spacial score (nSPS) is 14.2. The van der Waals surface area contributed by atoms with Crippen molar-refractivity contribution in [2.45, 2.75) is 70.3 Å². The lowest BCUT2D eigenvalue weighted by molar-refractivity contribution is -0.143. The quantitative estimate of drug-likeness (QED) is 0.0965. The van der Waals surface area contributed by atoms with E-state index in [2.05, 4.69) is 51.4 Å². The Bertz CT molecular complexity index is 1820. The maximum atomic E-state index is 13.8. The van der Waals surface area contributed by atoms with Gasteiger partial charge in [0.2, 0.25) is 5.91 Å². The van der Waals surface area contributed by atoms with Crippen molar-refractivity contribution in [1.29, 1.82) is 0 Å². The Morgan fingerprint density at radius 1 is 1.16 bits per heavy atom. The number of hydrogen-bond donors (Lipinski definition) is 4. The summed E-state index contributed by atoms with van der Waals surface area (Å²) in [5, 5.41) is 9.65. The van der Waals surface area contributed by atoms with E-state index in [-0.39, 0.29) is 49.0 Å². The lowest BCUT2D eigenvalue weighted by Crippen LogP contribution is -2.42. The number of ether oxygens (including phenoxy) is 2. The fourth-order valence-electron chi connectivity index (χ4n) is 5.76. The maximum Gasteiger partial charge on any atom is 0.393 e. The molecule has 51 heavy (non-hydrogen) atoms. The summed E-state index contributed by atoms with van der Waals surface area (Å²) in [4.78, 5) is 42.2. The highest BCUT2D eigenvalue weighted by molar-refractivity contribution is 7.20. The Balaban J connectivity index is 1.53. The van der Waals surface area contributed by atoms with Crippen LogP contribution in [-0.2, 0) is 20.7 Å². The zero-order valence-electron chi connectivity index (χ0n) is 28.6. The van der Waals surface area contributed by atoms with E-state index >= 15 is 0 Å². The van der Waals surface area contributed by atoms with Gasteiger partial charge < -0.3 is 36.1 Å². The van der Waals surface area contributed by atoms with Gasteiger partial charge in [0, 0.05) is 37.2 Å². The van der Waals surface area contributed by atoms with Crippen molar-refractivity contribution in [3.63, 3.8) is 0 Å². The van der Waals surface area contributed by atoms with Gasteiger partial charge in [0.1, 0.15) is 6.04 Å². The summed E-state index contributed by atoms with van der Waals surface area (Å²) in [5.74, 6) is 3.93. The number of nitrogens with one attached hydrogen (secondary N) is 3. The molecule has 3 aromatic rings. The number of thiophene rings is 1. The smallest absolute Gasteiger partial charge is 0.393 e. The number of esters is 1. The fourth-order valence-corrected chi connectivity index (χ4v) is 6.93. The Labute approximate surface area is 298 Å². The molecule has 2 aromatic carbocycles. The first-order chi connectivity index (χ1) is 24.3. The van der Waals surface area contributed by atoms with Crippen LogP contribution in [0.3, 0.4) is 0 Å². The molecule has 1 saturated heterocycles. The second-order valence-electron chi connectivity index (χ2n) is 12.3. The summed E-state index contributed by atoms with van der Waals surface area (Å²) >= 11 is 1.23. The van der Waals surface area contributed by atoms with Gasteiger partial charge in [0.15, 0.2) is 5.75 Å². The minimum absolute atomic E-state index is 0.0106. The van der Waals surface area contributed by atoms with E-state index in [1.807, 2.05) is 6.07 Å². The minimum Gasteiger partial charge on any atom is -0.467 e. The molecule has 1 fully saturated rings. The van der Waals surface area contributed by atoms with Gasteiger partial charge in [-0.15, -0.1) is 11.3 Å².